The fraction of sp³-hybridized carbons (Fsp3) is 0.562. The van der Waals surface area contributed by atoms with E-state index in [1.54, 1.807) is 7.11 Å². The van der Waals surface area contributed by atoms with E-state index in [2.05, 4.69) is 23.2 Å². The highest BCUT2D eigenvalue weighted by Crippen LogP contribution is 2.22. The van der Waals surface area contributed by atoms with Gasteiger partial charge in [-0.1, -0.05) is 12.1 Å². The van der Waals surface area contributed by atoms with Gasteiger partial charge in [0.1, 0.15) is 5.75 Å². The first-order valence-corrected chi connectivity index (χ1v) is 7.44. The molecule has 1 atom stereocenters. The summed E-state index contributed by atoms with van der Waals surface area (Å²) >= 11 is 0. The van der Waals surface area contributed by atoms with Crippen LogP contribution in [0.3, 0.4) is 0 Å². The van der Waals surface area contributed by atoms with Gasteiger partial charge in [-0.2, -0.15) is 0 Å². The van der Waals surface area contributed by atoms with Gasteiger partial charge in [0.25, 0.3) is 0 Å². The molecule has 1 saturated heterocycles. The lowest BCUT2D eigenvalue weighted by Crippen LogP contribution is -2.49. The van der Waals surface area contributed by atoms with E-state index >= 15 is 0 Å². The number of nitrogens with zero attached hydrogens (tertiary/aromatic N) is 2. The van der Waals surface area contributed by atoms with Crippen LogP contribution in [0.25, 0.3) is 0 Å². The maximum absolute atomic E-state index is 12.3. The Morgan fingerprint density at radius 1 is 1.41 bits per heavy atom. The van der Waals surface area contributed by atoms with Crippen LogP contribution in [-0.2, 0) is 4.79 Å². The standard InChI is InChI=1S/C16H25N3O2.ClH/c1-13(14-5-4-6-15(11-14)21-3)18(2)12-16(20)19-9-7-17-8-10-19;/h4-6,11,13,17H,7-10,12H2,1-3H3;1H. The highest BCUT2D eigenvalue weighted by Gasteiger charge is 2.20. The summed E-state index contributed by atoms with van der Waals surface area (Å²) in [7, 11) is 3.66. The molecular formula is C16H26ClN3O2. The maximum atomic E-state index is 12.3. The summed E-state index contributed by atoms with van der Waals surface area (Å²) in [5.41, 5.74) is 1.16. The van der Waals surface area contributed by atoms with Crippen molar-refractivity contribution in [1.29, 1.82) is 0 Å². The summed E-state index contributed by atoms with van der Waals surface area (Å²) in [6.45, 7) is 5.94. The van der Waals surface area contributed by atoms with E-state index < -0.39 is 0 Å². The topological polar surface area (TPSA) is 44.8 Å². The van der Waals surface area contributed by atoms with Crippen LogP contribution < -0.4 is 10.1 Å². The summed E-state index contributed by atoms with van der Waals surface area (Å²) in [5, 5.41) is 3.26. The number of nitrogens with one attached hydrogen (secondary N) is 1. The number of carbonyl (C=O) groups is 1. The molecule has 1 aliphatic heterocycles. The van der Waals surface area contributed by atoms with Gasteiger partial charge in [0, 0.05) is 32.2 Å². The molecule has 1 N–H and O–H groups in total. The molecule has 1 fully saturated rings. The molecule has 0 bridgehead atoms. The molecular weight excluding hydrogens is 302 g/mol. The van der Waals surface area contributed by atoms with Crippen molar-refractivity contribution in [3.63, 3.8) is 0 Å². The van der Waals surface area contributed by atoms with Gasteiger partial charge < -0.3 is 15.0 Å². The van der Waals surface area contributed by atoms with Crippen LogP contribution in [0, 0.1) is 0 Å². The number of likely N-dealkylation sites (N-methyl/N-ethyl adjacent to an activating group) is 1. The third kappa shape index (κ3) is 4.87. The van der Waals surface area contributed by atoms with E-state index in [-0.39, 0.29) is 24.4 Å². The predicted molar refractivity (Wildman–Crippen MR) is 90.7 cm³/mol. The number of halogens is 1. The van der Waals surface area contributed by atoms with E-state index in [0.29, 0.717) is 6.54 Å². The van der Waals surface area contributed by atoms with E-state index in [9.17, 15) is 4.79 Å². The minimum Gasteiger partial charge on any atom is -0.497 e. The van der Waals surface area contributed by atoms with Gasteiger partial charge in [-0.05, 0) is 31.7 Å². The molecule has 0 aliphatic carbocycles. The van der Waals surface area contributed by atoms with Crippen LogP contribution >= 0.6 is 12.4 Å². The molecule has 0 saturated carbocycles. The number of methoxy groups -OCH3 is 1. The summed E-state index contributed by atoms with van der Waals surface area (Å²) < 4.78 is 5.26. The molecule has 5 nitrogen and oxygen atoms in total. The third-order valence-electron chi connectivity index (χ3n) is 4.09. The predicted octanol–water partition coefficient (Wildman–Crippen LogP) is 1.54. The highest BCUT2D eigenvalue weighted by molar-refractivity contribution is 5.85. The van der Waals surface area contributed by atoms with Crippen LogP contribution in [0.4, 0.5) is 0 Å². The zero-order chi connectivity index (χ0) is 15.2. The molecule has 2 rings (SSSR count). The molecule has 1 heterocycles. The second-order valence-electron chi connectivity index (χ2n) is 5.50. The Bertz CT molecular complexity index is 478. The van der Waals surface area contributed by atoms with E-state index in [1.807, 2.05) is 30.1 Å². The minimum atomic E-state index is 0. The molecule has 22 heavy (non-hydrogen) atoms. The van der Waals surface area contributed by atoms with Crippen molar-refractivity contribution in [3.05, 3.63) is 29.8 Å². The lowest BCUT2D eigenvalue weighted by Gasteiger charge is -2.31. The Morgan fingerprint density at radius 3 is 2.73 bits per heavy atom. The van der Waals surface area contributed by atoms with Crippen molar-refractivity contribution < 1.29 is 9.53 Å². The summed E-state index contributed by atoms with van der Waals surface area (Å²) in [6.07, 6.45) is 0. The highest BCUT2D eigenvalue weighted by atomic mass is 35.5. The van der Waals surface area contributed by atoms with Crippen molar-refractivity contribution in [1.82, 2.24) is 15.1 Å². The number of piperazine rings is 1. The van der Waals surface area contributed by atoms with Gasteiger partial charge >= 0.3 is 0 Å². The van der Waals surface area contributed by atoms with Crippen LogP contribution in [0.1, 0.15) is 18.5 Å². The molecule has 1 unspecified atom stereocenters. The molecule has 1 aromatic carbocycles. The number of rotatable bonds is 5. The Kier molecular flexibility index (Phi) is 7.65. The Morgan fingerprint density at radius 2 is 2.09 bits per heavy atom. The first kappa shape index (κ1) is 18.7. The van der Waals surface area contributed by atoms with Gasteiger partial charge in [0.2, 0.25) is 5.91 Å². The number of ether oxygens (including phenoxy) is 1. The van der Waals surface area contributed by atoms with Gasteiger partial charge in [-0.3, -0.25) is 9.69 Å². The zero-order valence-electron chi connectivity index (χ0n) is 13.5. The number of hydrogen-bond acceptors (Lipinski definition) is 4. The smallest absolute Gasteiger partial charge is 0.236 e. The Labute approximate surface area is 139 Å². The summed E-state index contributed by atoms with van der Waals surface area (Å²) in [6, 6.07) is 8.18. The largest absolute Gasteiger partial charge is 0.497 e. The molecule has 1 aromatic rings. The van der Waals surface area contributed by atoms with Crippen molar-refractivity contribution >= 4 is 18.3 Å². The molecule has 0 spiro atoms. The molecule has 0 aromatic heterocycles. The lowest BCUT2D eigenvalue weighted by molar-refractivity contribution is -0.133. The molecule has 124 valence electrons. The fourth-order valence-electron chi connectivity index (χ4n) is 2.52. The molecule has 0 radical (unpaired) electrons. The quantitative estimate of drug-likeness (QED) is 0.891. The van der Waals surface area contributed by atoms with Crippen molar-refractivity contribution in [2.75, 3.05) is 46.9 Å². The van der Waals surface area contributed by atoms with Crippen LogP contribution in [0.15, 0.2) is 24.3 Å². The second kappa shape index (κ2) is 8.98. The number of hydrogen-bond donors (Lipinski definition) is 1. The van der Waals surface area contributed by atoms with Gasteiger partial charge in [-0.25, -0.2) is 0 Å². The monoisotopic (exact) mass is 327 g/mol. The number of carbonyl (C=O) groups excluding carboxylic acids is 1. The Balaban J connectivity index is 0.00000242. The van der Waals surface area contributed by atoms with E-state index in [0.717, 1.165) is 37.5 Å². The minimum absolute atomic E-state index is 0. The zero-order valence-corrected chi connectivity index (χ0v) is 14.4. The third-order valence-corrected chi connectivity index (χ3v) is 4.09. The van der Waals surface area contributed by atoms with Gasteiger partial charge in [-0.15, -0.1) is 12.4 Å². The summed E-state index contributed by atoms with van der Waals surface area (Å²) in [4.78, 5) is 16.3. The molecule has 1 aliphatic rings. The number of benzene rings is 1. The van der Waals surface area contributed by atoms with Crippen LogP contribution in [-0.4, -0.2) is 62.6 Å². The Hall–Kier alpha value is -1.30. The normalized spacial score (nSPS) is 16.1. The number of amides is 1. The maximum Gasteiger partial charge on any atom is 0.236 e. The fourth-order valence-corrected chi connectivity index (χ4v) is 2.52. The molecule has 6 heteroatoms. The van der Waals surface area contributed by atoms with E-state index in [1.165, 1.54) is 0 Å². The first-order valence-electron chi connectivity index (χ1n) is 7.44. The van der Waals surface area contributed by atoms with Crippen molar-refractivity contribution in [3.8, 4) is 5.75 Å². The summed E-state index contributed by atoms with van der Waals surface area (Å²) in [5.74, 6) is 1.05. The average Bonchev–Trinajstić information content (AvgIpc) is 2.54. The van der Waals surface area contributed by atoms with Crippen LogP contribution in [0.5, 0.6) is 5.75 Å². The molecule has 1 amide bonds. The average molecular weight is 328 g/mol. The SMILES string of the molecule is COc1cccc(C(C)N(C)CC(=O)N2CCNCC2)c1.Cl. The van der Waals surface area contributed by atoms with Crippen molar-refractivity contribution in [2.24, 2.45) is 0 Å². The van der Waals surface area contributed by atoms with E-state index in [4.69, 9.17) is 4.74 Å². The lowest BCUT2D eigenvalue weighted by atomic mass is 10.1. The second-order valence-corrected chi connectivity index (χ2v) is 5.50. The van der Waals surface area contributed by atoms with Gasteiger partial charge in [0.15, 0.2) is 0 Å². The van der Waals surface area contributed by atoms with Crippen molar-refractivity contribution in [2.45, 2.75) is 13.0 Å². The van der Waals surface area contributed by atoms with Crippen LogP contribution in [0.2, 0.25) is 0 Å². The first-order chi connectivity index (χ1) is 10.1. The van der Waals surface area contributed by atoms with Gasteiger partial charge in [0.05, 0.1) is 13.7 Å².